The first-order chi connectivity index (χ1) is 14.5. The Morgan fingerprint density at radius 3 is 2.77 bits per heavy atom. The Balaban J connectivity index is 1.27. The Bertz CT molecular complexity index is 1000. The van der Waals surface area contributed by atoms with Crippen molar-refractivity contribution in [1.29, 1.82) is 0 Å². The van der Waals surface area contributed by atoms with Crippen molar-refractivity contribution in [2.75, 3.05) is 25.0 Å². The van der Waals surface area contributed by atoms with Crippen molar-refractivity contribution in [2.45, 2.75) is 25.5 Å². The number of nitrogens with zero attached hydrogens (tertiary/aromatic N) is 2. The monoisotopic (exact) mass is 406 g/mol. The third-order valence-corrected chi connectivity index (χ3v) is 5.41. The van der Waals surface area contributed by atoms with Crippen molar-refractivity contribution in [1.82, 2.24) is 15.4 Å². The first kappa shape index (κ1) is 20.1. The van der Waals surface area contributed by atoms with Gasteiger partial charge in [0.2, 0.25) is 5.88 Å². The summed E-state index contributed by atoms with van der Waals surface area (Å²) in [7, 11) is 0. The maximum atomic E-state index is 12.3. The van der Waals surface area contributed by atoms with Crippen molar-refractivity contribution < 1.29 is 14.4 Å². The summed E-state index contributed by atoms with van der Waals surface area (Å²) in [6.45, 7) is 4.25. The zero-order valence-electron chi connectivity index (χ0n) is 17.0. The Kier molecular flexibility index (Phi) is 5.83. The fourth-order valence-corrected chi connectivity index (χ4v) is 3.78. The van der Waals surface area contributed by atoms with Crippen LogP contribution in [-0.4, -0.2) is 46.4 Å². The smallest absolute Gasteiger partial charge is 0.321 e. The number of urea groups is 1. The van der Waals surface area contributed by atoms with Gasteiger partial charge in [-0.3, -0.25) is 10.2 Å². The van der Waals surface area contributed by atoms with Gasteiger partial charge in [0.15, 0.2) is 0 Å². The highest BCUT2D eigenvalue weighted by Gasteiger charge is 2.36. The lowest BCUT2D eigenvalue weighted by atomic mass is 10.0. The number of aliphatic hydroxyl groups is 1. The second-order valence-corrected chi connectivity index (χ2v) is 7.87. The van der Waals surface area contributed by atoms with Gasteiger partial charge in [-0.2, -0.15) is 0 Å². The maximum absolute atomic E-state index is 12.3. The third kappa shape index (κ3) is 4.87. The second kappa shape index (κ2) is 8.69. The molecule has 1 aliphatic heterocycles. The highest BCUT2D eigenvalue weighted by Crippen LogP contribution is 2.25. The minimum atomic E-state index is -0.945. The SMILES string of the molecule is Cc1ccccc1-c1cc(NC(=O)NCC2(O)CCN(Cc3ccccc3)C2)on1. The van der Waals surface area contributed by atoms with E-state index in [-0.39, 0.29) is 12.4 Å². The predicted molar refractivity (Wildman–Crippen MR) is 115 cm³/mol. The Morgan fingerprint density at radius 2 is 1.97 bits per heavy atom. The number of nitrogens with one attached hydrogen (secondary N) is 2. The van der Waals surface area contributed by atoms with E-state index >= 15 is 0 Å². The number of aryl methyl sites for hydroxylation is 1. The minimum absolute atomic E-state index is 0.170. The molecule has 2 amide bonds. The molecule has 1 unspecified atom stereocenters. The van der Waals surface area contributed by atoms with Crippen molar-refractivity contribution in [3.05, 3.63) is 71.8 Å². The molecule has 1 atom stereocenters. The number of amides is 2. The van der Waals surface area contributed by atoms with Gasteiger partial charge >= 0.3 is 6.03 Å². The Labute approximate surface area is 175 Å². The average molecular weight is 406 g/mol. The molecule has 0 spiro atoms. The van der Waals surface area contributed by atoms with Gasteiger partial charge in [0, 0.05) is 37.8 Å². The minimum Gasteiger partial charge on any atom is -0.387 e. The summed E-state index contributed by atoms with van der Waals surface area (Å²) < 4.78 is 5.23. The molecule has 156 valence electrons. The molecule has 1 fully saturated rings. The summed E-state index contributed by atoms with van der Waals surface area (Å²) in [6, 6.07) is 19.3. The fraction of sp³-hybridized carbons (Fsp3) is 0.304. The van der Waals surface area contributed by atoms with E-state index < -0.39 is 11.6 Å². The number of hydrogen-bond acceptors (Lipinski definition) is 5. The Morgan fingerprint density at radius 1 is 1.20 bits per heavy atom. The zero-order valence-corrected chi connectivity index (χ0v) is 17.0. The molecule has 3 aromatic rings. The van der Waals surface area contributed by atoms with Crippen LogP contribution in [0, 0.1) is 6.92 Å². The number of anilines is 1. The van der Waals surface area contributed by atoms with Crippen LogP contribution in [0.5, 0.6) is 0 Å². The molecule has 7 nitrogen and oxygen atoms in total. The number of aromatic nitrogens is 1. The molecule has 4 rings (SSSR count). The predicted octanol–water partition coefficient (Wildman–Crippen LogP) is 3.41. The second-order valence-electron chi connectivity index (χ2n) is 7.87. The normalized spacial score (nSPS) is 19.0. The van der Waals surface area contributed by atoms with Gasteiger partial charge in [-0.15, -0.1) is 0 Å². The molecule has 1 saturated heterocycles. The van der Waals surface area contributed by atoms with Crippen LogP contribution in [0.2, 0.25) is 0 Å². The van der Waals surface area contributed by atoms with Crippen molar-refractivity contribution in [3.8, 4) is 11.3 Å². The van der Waals surface area contributed by atoms with E-state index in [0.29, 0.717) is 18.7 Å². The van der Waals surface area contributed by atoms with Gasteiger partial charge in [0.05, 0.1) is 5.60 Å². The molecule has 0 aliphatic carbocycles. The molecule has 1 aromatic heterocycles. The summed E-state index contributed by atoms with van der Waals surface area (Å²) >= 11 is 0. The first-order valence-electron chi connectivity index (χ1n) is 10.1. The van der Waals surface area contributed by atoms with Crippen LogP contribution < -0.4 is 10.6 Å². The molecular weight excluding hydrogens is 380 g/mol. The molecule has 0 radical (unpaired) electrons. The van der Waals surface area contributed by atoms with Crippen LogP contribution in [0.3, 0.4) is 0 Å². The van der Waals surface area contributed by atoms with E-state index in [1.54, 1.807) is 6.07 Å². The van der Waals surface area contributed by atoms with Crippen LogP contribution in [0.25, 0.3) is 11.3 Å². The summed E-state index contributed by atoms with van der Waals surface area (Å²) in [6.07, 6.45) is 0.611. The van der Waals surface area contributed by atoms with Crippen LogP contribution in [0.15, 0.2) is 65.2 Å². The largest absolute Gasteiger partial charge is 0.387 e. The molecule has 7 heteroatoms. The maximum Gasteiger partial charge on any atom is 0.321 e. The average Bonchev–Trinajstić information content (AvgIpc) is 3.35. The fourth-order valence-electron chi connectivity index (χ4n) is 3.78. The quantitative estimate of drug-likeness (QED) is 0.584. The van der Waals surface area contributed by atoms with E-state index in [9.17, 15) is 9.90 Å². The van der Waals surface area contributed by atoms with Gasteiger partial charge in [0.25, 0.3) is 0 Å². The van der Waals surface area contributed by atoms with Crippen LogP contribution in [0.4, 0.5) is 10.7 Å². The summed E-state index contributed by atoms with van der Waals surface area (Å²) in [4.78, 5) is 14.5. The number of carbonyl (C=O) groups is 1. The van der Waals surface area contributed by atoms with Crippen molar-refractivity contribution in [3.63, 3.8) is 0 Å². The molecule has 2 aromatic carbocycles. The van der Waals surface area contributed by atoms with Crippen LogP contribution >= 0.6 is 0 Å². The number of rotatable bonds is 6. The van der Waals surface area contributed by atoms with Gasteiger partial charge < -0.3 is 14.9 Å². The summed E-state index contributed by atoms with van der Waals surface area (Å²) in [5, 5.41) is 20.2. The number of benzene rings is 2. The molecule has 0 bridgehead atoms. The molecule has 0 saturated carbocycles. The summed E-state index contributed by atoms with van der Waals surface area (Å²) in [5.41, 5.74) is 2.95. The number of carbonyl (C=O) groups excluding carboxylic acids is 1. The zero-order chi connectivity index (χ0) is 21.0. The lowest BCUT2D eigenvalue weighted by molar-refractivity contribution is 0.0511. The van der Waals surface area contributed by atoms with Crippen molar-refractivity contribution in [2.24, 2.45) is 0 Å². The lowest BCUT2D eigenvalue weighted by Crippen LogP contribution is -2.46. The molecule has 30 heavy (non-hydrogen) atoms. The number of likely N-dealkylation sites (tertiary alicyclic amines) is 1. The van der Waals surface area contributed by atoms with Crippen LogP contribution in [0.1, 0.15) is 17.5 Å². The highest BCUT2D eigenvalue weighted by atomic mass is 16.5. The molecule has 3 N–H and O–H groups in total. The topological polar surface area (TPSA) is 90.6 Å². The van der Waals surface area contributed by atoms with Gasteiger partial charge in [-0.05, 0) is 24.5 Å². The summed E-state index contributed by atoms with van der Waals surface area (Å²) in [5.74, 6) is 0.259. The number of β-amino-alcohol motifs (C(OH)–C–C–N with tert-alkyl or cyclic N) is 1. The van der Waals surface area contributed by atoms with E-state index in [4.69, 9.17) is 4.52 Å². The van der Waals surface area contributed by atoms with E-state index in [2.05, 4.69) is 32.8 Å². The Hall–Kier alpha value is -3.16. The van der Waals surface area contributed by atoms with Gasteiger partial charge in [0.1, 0.15) is 5.69 Å². The van der Waals surface area contributed by atoms with Gasteiger partial charge in [-0.25, -0.2) is 4.79 Å². The molecule has 2 heterocycles. The van der Waals surface area contributed by atoms with E-state index in [1.807, 2.05) is 49.4 Å². The standard InChI is InChI=1S/C23H26N4O3/c1-17-7-5-6-10-19(17)20-13-21(30-26-20)25-22(28)24-15-23(29)11-12-27(16-23)14-18-8-3-2-4-9-18/h2-10,13,29H,11-12,14-16H2,1H3,(H2,24,25,28). The lowest BCUT2D eigenvalue weighted by Gasteiger charge is -2.23. The van der Waals surface area contributed by atoms with Gasteiger partial charge in [-0.1, -0.05) is 59.8 Å². The highest BCUT2D eigenvalue weighted by molar-refractivity contribution is 5.88. The van der Waals surface area contributed by atoms with Crippen molar-refractivity contribution >= 4 is 11.9 Å². The molecule has 1 aliphatic rings. The third-order valence-electron chi connectivity index (χ3n) is 5.41. The van der Waals surface area contributed by atoms with E-state index in [0.717, 1.165) is 24.2 Å². The van der Waals surface area contributed by atoms with E-state index in [1.165, 1.54) is 5.56 Å². The van der Waals surface area contributed by atoms with Crippen LogP contribution in [-0.2, 0) is 6.54 Å². The molecular formula is C23H26N4O3. The first-order valence-corrected chi connectivity index (χ1v) is 10.1. The number of hydrogen-bond donors (Lipinski definition) is 3.